The smallest absolute Gasteiger partial charge is 0.321 e. The van der Waals surface area contributed by atoms with E-state index in [0.29, 0.717) is 22.8 Å². The van der Waals surface area contributed by atoms with Gasteiger partial charge >= 0.3 is 6.03 Å². The van der Waals surface area contributed by atoms with E-state index < -0.39 is 0 Å². The monoisotopic (exact) mass is 276 g/mol. The molecule has 0 aliphatic carbocycles. The Labute approximate surface area is 116 Å². The van der Waals surface area contributed by atoms with Gasteiger partial charge in [-0.2, -0.15) is 0 Å². The Kier molecular flexibility index (Phi) is 3.09. The van der Waals surface area contributed by atoms with Crippen molar-refractivity contribution in [3.63, 3.8) is 0 Å². The maximum absolute atomic E-state index is 12.0. The molecule has 20 heavy (non-hydrogen) atoms. The van der Waals surface area contributed by atoms with Crippen molar-refractivity contribution < 1.29 is 14.3 Å². The van der Waals surface area contributed by atoms with Crippen LogP contribution in [0.5, 0.6) is 5.75 Å². The van der Waals surface area contributed by atoms with E-state index in [4.69, 9.17) is 10.5 Å². The van der Waals surface area contributed by atoms with Crippen LogP contribution in [-0.2, 0) is 4.79 Å². The van der Waals surface area contributed by atoms with Gasteiger partial charge in [0, 0.05) is 19.2 Å². The number of fused-ring (bicyclic) bond motifs is 1. The first-order chi connectivity index (χ1) is 9.63. The fraction of sp³-hybridized carbons (Fsp3) is 0.385. The molecule has 0 spiro atoms. The molecule has 1 aromatic rings. The minimum absolute atomic E-state index is 0.0219. The maximum atomic E-state index is 12.0. The Hall–Kier alpha value is -2.44. The Bertz CT molecular complexity index is 567. The summed E-state index contributed by atoms with van der Waals surface area (Å²) in [5, 5.41) is 5.46. The van der Waals surface area contributed by atoms with Crippen LogP contribution < -0.4 is 21.1 Å². The Morgan fingerprint density at radius 2 is 2.10 bits per heavy atom. The average Bonchev–Trinajstić information content (AvgIpc) is 2.94. The number of hydrogen-bond donors (Lipinski definition) is 3. The molecule has 7 heteroatoms. The van der Waals surface area contributed by atoms with Crippen molar-refractivity contribution in [1.29, 1.82) is 0 Å². The van der Waals surface area contributed by atoms with Crippen LogP contribution in [0, 0.1) is 0 Å². The molecule has 0 unspecified atom stereocenters. The first-order valence-electron chi connectivity index (χ1n) is 6.55. The molecule has 3 amide bonds. The highest BCUT2D eigenvalue weighted by Gasteiger charge is 2.21. The summed E-state index contributed by atoms with van der Waals surface area (Å²) in [6.45, 7) is 1.50. The molecular weight excluding hydrogens is 260 g/mol. The number of nitrogens with zero attached hydrogens (tertiary/aromatic N) is 1. The summed E-state index contributed by atoms with van der Waals surface area (Å²) in [7, 11) is 0. The summed E-state index contributed by atoms with van der Waals surface area (Å²) in [6.07, 6.45) is 2.05. The third-order valence-corrected chi connectivity index (χ3v) is 3.42. The molecule has 0 aromatic heterocycles. The van der Waals surface area contributed by atoms with Crippen LogP contribution in [0.3, 0.4) is 0 Å². The molecule has 4 N–H and O–H groups in total. The minimum Gasteiger partial charge on any atom is -0.482 e. The van der Waals surface area contributed by atoms with Gasteiger partial charge in [0.05, 0.1) is 17.1 Å². The van der Waals surface area contributed by atoms with Gasteiger partial charge in [-0.3, -0.25) is 4.79 Å². The molecule has 0 bridgehead atoms. The first kappa shape index (κ1) is 12.6. The van der Waals surface area contributed by atoms with Crippen molar-refractivity contribution in [2.24, 2.45) is 0 Å². The van der Waals surface area contributed by atoms with Crippen molar-refractivity contribution in [3.8, 4) is 5.75 Å². The molecular formula is C13H16N4O3. The minimum atomic E-state index is -0.223. The standard InChI is InChI=1S/C13H16N4O3/c14-8-5-11-10(15-12(18)7-20-11)6-9(8)16-13(19)17-3-1-2-4-17/h5-6H,1-4,7,14H2,(H,15,18)(H,16,19). The van der Waals surface area contributed by atoms with Crippen LogP contribution in [0.15, 0.2) is 12.1 Å². The van der Waals surface area contributed by atoms with E-state index in [-0.39, 0.29) is 18.5 Å². The van der Waals surface area contributed by atoms with E-state index in [9.17, 15) is 9.59 Å². The number of rotatable bonds is 1. The predicted molar refractivity (Wildman–Crippen MR) is 74.8 cm³/mol. The zero-order chi connectivity index (χ0) is 14.1. The number of hydrogen-bond acceptors (Lipinski definition) is 4. The van der Waals surface area contributed by atoms with Crippen molar-refractivity contribution >= 4 is 29.0 Å². The van der Waals surface area contributed by atoms with Gasteiger partial charge in [0.25, 0.3) is 5.91 Å². The molecule has 2 aliphatic heterocycles. The van der Waals surface area contributed by atoms with Crippen LogP contribution in [0.25, 0.3) is 0 Å². The molecule has 106 valence electrons. The predicted octanol–water partition coefficient (Wildman–Crippen LogP) is 1.23. The maximum Gasteiger partial charge on any atom is 0.321 e. The fourth-order valence-corrected chi connectivity index (χ4v) is 2.36. The molecule has 1 aromatic carbocycles. The molecule has 0 atom stereocenters. The number of amides is 3. The second-order valence-corrected chi connectivity index (χ2v) is 4.90. The number of likely N-dealkylation sites (tertiary alicyclic amines) is 1. The third kappa shape index (κ3) is 2.34. The highest BCUT2D eigenvalue weighted by molar-refractivity contribution is 5.99. The zero-order valence-electron chi connectivity index (χ0n) is 10.9. The molecule has 2 heterocycles. The van der Waals surface area contributed by atoms with E-state index in [0.717, 1.165) is 25.9 Å². The van der Waals surface area contributed by atoms with Gasteiger partial charge in [0.2, 0.25) is 0 Å². The topological polar surface area (TPSA) is 96.7 Å². The number of carbonyl (C=O) groups is 2. The van der Waals surface area contributed by atoms with Gasteiger partial charge in [-0.05, 0) is 18.9 Å². The summed E-state index contributed by atoms with van der Waals surface area (Å²) in [6, 6.07) is 3.06. The lowest BCUT2D eigenvalue weighted by Gasteiger charge is -2.21. The van der Waals surface area contributed by atoms with Crippen molar-refractivity contribution in [2.45, 2.75) is 12.8 Å². The fourth-order valence-electron chi connectivity index (χ4n) is 2.36. The second kappa shape index (κ2) is 4.92. The molecule has 0 radical (unpaired) electrons. The normalized spacial score (nSPS) is 17.2. The van der Waals surface area contributed by atoms with Crippen LogP contribution in [-0.4, -0.2) is 36.5 Å². The number of anilines is 3. The van der Waals surface area contributed by atoms with Crippen molar-refractivity contribution in [2.75, 3.05) is 36.1 Å². The number of urea groups is 1. The van der Waals surface area contributed by atoms with Crippen LogP contribution >= 0.6 is 0 Å². The van der Waals surface area contributed by atoms with Crippen molar-refractivity contribution in [3.05, 3.63) is 12.1 Å². The summed E-state index contributed by atoms with van der Waals surface area (Å²) in [5.74, 6) is 0.292. The van der Waals surface area contributed by atoms with Gasteiger partial charge in [-0.1, -0.05) is 0 Å². The SMILES string of the molecule is Nc1cc2c(cc1NC(=O)N1CCCC1)NC(=O)CO2. The van der Waals surface area contributed by atoms with Gasteiger partial charge in [0.15, 0.2) is 6.61 Å². The van der Waals surface area contributed by atoms with Gasteiger partial charge in [-0.25, -0.2) is 4.79 Å². The van der Waals surface area contributed by atoms with E-state index >= 15 is 0 Å². The van der Waals surface area contributed by atoms with Crippen LogP contribution in [0.1, 0.15) is 12.8 Å². The number of ether oxygens (including phenoxy) is 1. The van der Waals surface area contributed by atoms with Gasteiger partial charge in [-0.15, -0.1) is 0 Å². The lowest BCUT2D eigenvalue weighted by molar-refractivity contribution is -0.118. The number of nitrogens with one attached hydrogen (secondary N) is 2. The molecule has 2 aliphatic rings. The van der Waals surface area contributed by atoms with E-state index in [1.165, 1.54) is 0 Å². The quantitative estimate of drug-likeness (QED) is 0.672. The Morgan fingerprint density at radius 1 is 1.35 bits per heavy atom. The molecule has 3 rings (SSSR count). The highest BCUT2D eigenvalue weighted by atomic mass is 16.5. The third-order valence-electron chi connectivity index (χ3n) is 3.42. The summed E-state index contributed by atoms with van der Waals surface area (Å²) >= 11 is 0. The molecule has 1 saturated heterocycles. The number of carbonyl (C=O) groups excluding carboxylic acids is 2. The zero-order valence-corrected chi connectivity index (χ0v) is 10.9. The van der Waals surface area contributed by atoms with E-state index in [2.05, 4.69) is 10.6 Å². The first-order valence-corrected chi connectivity index (χ1v) is 6.55. The Morgan fingerprint density at radius 3 is 2.85 bits per heavy atom. The highest BCUT2D eigenvalue weighted by Crippen LogP contribution is 2.35. The van der Waals surface area contributed by atoms with Crippen molar-refractivity contribution in [1.82, 2.24) is 4.90 Å². The number of nitrogens with two attached hydrogens (primary N) is 1. The number of benzene rings is 1. The largest absolute Gasteiger partial charge is 0.482 e. The molecule has 0 saturated carbocycles. The van der Waals surface area contributed by atoms with Gasteiger partial charge in [0.1, 0.15) is 5.75 Å². The lowest BCUT2D eigenvalue weighted by atomic mass is 10.2. The summed E-state index contributed by atoms with van der Waals surface area (Å²) in [4.78, 5) is 25.1. The van der Waals surface area contributed by atoms with Crippen LogP contribution in [0.4, 0.5) is 21.9 Å². The van der Waals surface area contributed by atoms with Gasteiger partial charge < -0.3 is 26.0 Å². The van der Waals surface area contributed by atoms with E-state index in [1.807, 2.05) is 0 Å². The summed E-state index contributed by atoms with van der Waals surface area (Å²) in [5.41, 5.74) is 7.31. The molecule has 7 nitrogen and oxygen atoms in total. The van der Waals surface area contributed by atoms with Crippen LogP contribution in [0.2, 0.25) is 0 Å². The van der Waals surface area contributed by atoms with E-state index in [1.54, 1.807) is 17.0 Å². The average molecular weight is 276 g/mol. The molecule has 1 fully saturated rings. The number of nitrogen functional groups attached to an aromatic ring is 1. The summed E-state index contributed by atoms with van der Waals surface area (Å²) < 4.78 is 5.26. The lowest BCUT2D eigenvalue weighted by Crippen LogP contribution is -2.32. The second-order valence-electron chi connectivity index (χ2n) is 4.90. The Balaban J connectivity index is 1.80.